The molecule has 0 amide bonds. The molecule has 11 heavy (non-hydrogen) atoms. The van der Waals surface area contributed by atoms with Crippen LogP contribution in [0.25, 0.3) is 0 Å². The molecular formula is C10H21N. The van der Waals surface area contributed by atoms with Crippen LogP contribution in [-0.4, -0.2) is 5.54 Å². The number of hydrogen-bond donors (Lipinski definition) is 1. The van der Waals surface area contributed by atoms with Gasteiger partial charge in [0.25, 0.3) is 0 Å². The molecule has 0 aromatic carbocycles. The second-order valence-electron chi connectivity index (χ2n) is 4.32. The number of nitrogens with two attached hydrogens (primary N) is 1. The Balaban J connectivity index is 4.74. The lowest BCUT2D eigenvalue weighted by Gasteiger charge is -2.39. The maximum Gasteiger partial charge on any atom is 0.0186 e. The molecule has 1 nitrogen and oxygen atoms in total. The molecule has 0 aliphatic carbocycles. The number of hydrogen-bond acceptors (Lipinski definition) is 1. The van der Waals surface area contributed by atoms with E-state index >= 15 is 0 Å². The van der Waals surface area contributed by atoms with E-state index in [9.17, 15) is 0 Å². The van der Waals surface area contributed by atoms with Gasteiger partial charge in [-0.15, -0.1) is 0 Å². The van der Waals surface area contributed by atoms with Crippen molar-refractivity contribution in [3.8, 4) is 0 Å². The summed E-state index contributed by atoms with van der Waals surface area (Å²) in [6, 6.07) is 0. The molecule has 1 heteroatoms. The molecule has 0 rings (SSSR count). The third-order valence-corrected chi connectivity index (χ3v) is 3.03. The monoisotopic (exact) mass is 155 g/mol. The fourth-order valence-electron chi connectivity index (χ4n) is 0.869. The Morgan fingerprint density at radius 1 is 1.18 bits per heavy atom. The first-order valence-electron chi connectivity index (χ1n) is 4.15. The van der Waals surface area contributed by atoms with Crippen LogP contribution in [0.2, 0.25) is 0 Å². The van der Waals surface area contributed by atoms with Gasteiger partial charge in [-0.1, -0.05) is 25.5 Å². The second-order valence-corrected chi connectivity index (χ2v) is 4.32. The molecule has 0 spiro atoms. The van der Waals surface area contributed by atoms with Crippen molar-refractivity contribution in [2.24, 2.45) is 11.1 Å². The summed E-state index contributed by atoms with van der Waals surface area (Å²) in [4.78, 5) is 0. The van der Waals surface area contributed by atoms with Gasteiger partial charge in [-0.3, -0.25) is 0 Å². The normalized spacial score (nSPS) is 15.4. The summed E-state index contributed by atoms with van der Waals surface area (Å²) in [5.41, 5.74) is 7.34. The van der Waals surface area contributed by atoms with Gasteiger partial charge in [-0.25, -0.2) is 0 Å². The first-order chi connectivity index (χ1) is 4.73. The van der Waals surface area contributed by atoms with Crippen LogP contribution in [-0.2, 0) is 0 Å². The summed E-state index contributed by atoms with van der Waals surface area (Å²) in [5.74, 6) is 0. The van der Waals surface area contributed by atoms with Crippen molar-refractivity contribution >= 4 is 0 Å². The van der Waals surface area contributed by atoms with E-state index in [2.05, 4.69) is 47.6 Å². The van der Waals surface area contributed by atoms with Gasteiger partial charge in [0, 0.05) is 11.0 Å². The minimum Gasteiger partial charge on any atom is -0.325 e. The predicted molar refractivity (Wildman–Crippen MR) is 51.5 cm³/mol. The summed E-state index contributed by atoms with van der Waals surface area (Å²) in [6.45, 7) is 12.7. The van der Waals surface area contributed by atoms with E-state index in [0.29, 0.717) is 0 Å². The van der Waals surface area contributed by atoms with Crippen LogP contribution in [0.3, 0.4) is 0 Å². The molecule has 0 heterocycles. The van der Waals surface area contributed by atoms with E-state index in [0.717, 1.165) is 0 Å². The lowest BCUT2D eigenvalue weighted by atomic mass is 9.70. The molecule has 0 aromatic heterocycles. The van der Waals surface area contributed by atoms with Gasteiger partial charge in [0.2, 0.25) is 0 Å². The lowest BCUT2D eigenvalue weighted by molar-refractivity contribution is 0.253. The van der Waals surface area contributed by atoms with E-state index in [-0.39, 0.29) is 11.0 Å². The first-order valence-corrected chi connectivity index (χ1v) is 4.15. The van der Waals surface area contributed by atoms with Gasteiger partial charge >= 0.3 is 0 Å². The zero-order valence-corrected chi connectivity index (χ0v) is 8.65. The van der Waals surface area contributed by atoms with Crippen molar-refractivity contribution < 1.29 is 0 Å². The van der Waals surface area contributed by atoms with Crippen LogP contribution in [0, 0.1) is 5.41 Å². The zero-order valence-electron chi connectivity index (χ0n) is 8.65. The molecule has 0 saturated carbocycles. The molecular weight excluding hydrogens is 134 g/mol. The fourth-order valence-corrected chi connectivity index (χ4v) is 0.869. The molecule has 0 fully saturated rings. The van der Waals surface area contributed by atoms with Crippen molar-refractivity contribution in [1.29, 1.82) is 0 Å². The Hall–Kier alpha value is -0.300. The highest BCUT2D eigenvalue weighted by molar-refractivity contribution is 5.14. The SMILES string of the molecule is C/C=C(\C)C(C)(C)C(C)(C)N. The van der Waals surface area contributed by atoms with Crippen LogP contribution in [0.15, 0.2) is 11.6 Å². The van der Waals surface area contributed by atoms with Crippen LogP contribution in [0.5, 0.6) is 0 Å². The maximum absolute atomic E-state index is 6.05. The molecule has 0 atom stereocenters. The Kier molecular flexibility index (Phi) is 2.90. The Labute approximate surface area is 70.7 Å². The lowest BCUT2D eigenvalue weighted by Crippen LogP contribution is -2.47. The summed E-state index contributed by atoms with van der Waals surface area (Å²) >= 11 is 0. The highest BCUT2D eigenvalue weighted by atomic mass is 14.7. The highest BCUT2D eigenvalue weighted by Gasteiger charge is 2.34. The van der Waals surface area contributed by atoms with Gasteiger partial charge in [0.05, 0.1) is 0 Å². The van der Waals surface area contributed by atoms with E-state index < -0.39 is 0 Å². The van der Waals surface area contributed by atoms with Gasteiger partial charge in [-0.2, -0.15) is 0 Å². The molecule has 0 radical (unpaired) electrons. The van der Waals surface area contributed by atoms with Crippen molar-refractivity contribution in [2.75, 3.05) is 0 Å². The Morgan fingerprint density at radius 3 is 1.64 bits per heavy atom. The standard InChI is InChI=1S/C10H21N/c1-7-8(2)9(3,4)10(5,6)11/h7H,11H2,1-6H3/b8-7+. The van der Waals surface area contributed by atoms with Crippen LogP contribution in [0.4, 0.5) is 0 Å². The van der Waals surface area contributed by atoms with Gasteiger partial charge in [-0.05, 0) is 27.7 Å². The maximum atomic E-state index is 6.05. The summed E-state index contributed by atoms with van der Waals surface area (Å²) < 4.78 is 0. The van der Waals surface area contributed by atoms with E-state index in [4.69, 9.17) is 5.73 Å². The quantitative estimate of drug-likeness (QED) is 0.610. The van der Waals surface area contributed by atoms with Crippen molar-refractivity contribution in [3.63, 3.8) is 0 Å². The molecule has 0 aliphatic rings. The summed E-state index contributed by atoms with van der Waals surface area (Å²) in [6.07, 6.45) is 2.13. The number of rotatable bonds is 2. The second kappa shape index (κ2) is 2.98. The molecule has 0 aliphatic heterocycles. The summed E-state index contributed by atoms with van der Waals surface area (Å²) in [7, 11) is 0. The third-order valence-electron chi connectivity index (χ3n) is 3.03. The minimum absolute atomic E-state index is 0.0851. The van der Waals surface area contributed by atoms with Gasteiger partial charge in [0.1, 0.15) is 0 Å². The topological polar surface area (TPSA) is 26.0 Å². The fraction of sp³-hybridized carbons (Fsp3) is 0.800. The first kappa shape index (κ1) is 10.7. The highest BCUT2D eigenvalue weighted by Crippen LogP contribution is 2.35. The van der Waals surface area contributed by atoms with E-state index in [1.807, 2.05) is 0 Å². The van der Waals surface area contributed by atoms with Gasteiger partial charge < -0.3 is 5.73 Å². The third kappa shape index (κ3) is 2.06. The zero-order chi connectivity index (χ0) is 9.28. The molecule has 66 valence electrons. The molecule has 0 bridgehead atoms. The average molecular weight is 155 g/mol. The molecule has 0 saturated heterocycles. The van der Waals surface area contributed by atoms with Crippen molar-refractivity contribution in [2.45, 2.75) is 47.1 Å². The smallest absolute Gasteiger partial charge is 0.0186 e. The van der Waals surface area contributed by atoms with Crippen molar-refractivity contribution in [1.82, 2.24) is 0 Å². The van der Waals surface area contributed by atoms with E-state index in [1.54, 1.807) is 0 Å². The molecule has 2 N–H and O–H groups in total. The van der Waals surface area contributed by atoms with E-state index in [1.165, 1.54) is 5.57 Å². The van der Waals surface area contributed by atoms with Crippen LogP contribution in [0.1, 0.15) is 41.5 Å². The van der Waals surface area contributed by atoms with Crippen LogP contribution >= 0.6 is 0 Å². The largest absolute Gasteiger partial charge is 0.325 e. The van der Waals surface area contributed by atoms with Gasteiger partial charge in [0.15, 0.2) is 0 Å². The van der Waals surface area contributed by atoms with Crippen LogP contribution < -0.4 is 5.73 Å². The Morgan fingerprint density at radius 2 is 1.55 bits per heavy atom. The predicted octanol–water partition coefficient (Wildman–Crippen LogP) is 2.72. The Bertz CT molecular complexity index is 158. The number of allylic oxidation sites excluding steroid dienone is 1. The molecule has 0 aromatic rings. The minimum atomic E-state index is -0.149. The average Bonchev–Trinajstić information content (AvgIpc) is 1.83. The summed E-state index contributed by atoms with van der Waals surface area (Å²) in [5, 5.41) is 0. The molecule has 0 unspecified atom stereocenters. The van der Waals surface area contributed by atoms with Crippen molar-refractivity contribution in [3.05, 3.63) is 11.6 Å².